The van der Waals surface area contributed by atoms with Crippen LogP contribution in [0.5, 0.6) is 0 Å². The van der Waals surface area contributed by atoms with Crippen LogP contribution in [0.3, 0.4) is 0 Å². The number of alkyl carbamates (subject to hydrolysis) is 1. The van der Waals surface area contributed by atoms with Crippen molar-refractivity contribution in [1.82, 2.24) is 10.2 Å². The number of aliphatic hydroxyl groups is 1. The van der Waals surface area contributed by atoms with E-state index in [1.807, 2.05) is 66.7 Å². The van der Waals surface area contributed by atoms with E-state index in [0.717, 1.165) is 22.3 Å². The van der Waals surface area contributed by atoms with Gasteiger partial charge in [-0.15, -0.1) is 0 Å². The summed E-state index contributed by atoms with van der Waals surface area (Å²) < 4.78 is 10.7. The molecule has 1 fully saturated rings. The van der Waals surface area contributed by atoms with Gasteiger partial charge in [0.1, 0.15) is 12.1 Å². The Kier molecular flexibility index (Phi) is 10.5. The number of methoxy groups -OCH3 is 1. The molecule has 0 aliphatic carbocycles. The van der Waals surface area contributed by atoms with E-state index < -0.39 is 42.4 Å². The Bertz CT molecular complexity index is 1350. The van der Waals surface area contributed by atoms with Crippen LogP contribution in [0, 0.1) is 0 Å². The highest BCUT2D eigenvalue weighted by atomic mass is 16.5. The fraction of sp³-hybridized carbons (Fsp3) is 0.344. The van der Waals surface area contributed by atoms with E-state index in [-0.39, 0.29) is 19.6 Å². The van der Waals surface area contributed by atoms with Crippen LogP contribution in [-0.4, -0.2) is 77.8 Å². The zero-order valence-electron chi connectivity index (χ0n) is 23.7. The van der Waals surface area contributed by atoms with E-state index in [1.165, 1.54) is 12.0 Å². The van der Waals surface area contributed by atoms with Crippen LogP contribution in [0.4, 0.5) is 15.3 Å². The highest BCUT2D eigenvalue weighted by molar-refractivity contribution is 5.97. The van der Waals surface area contributed by atoms with Crippen molar-refractivity contribution in [2.75, 3.05) is 25.6 Å². The largest absolute Gasteiger partial charge is 0.465 e. The van der Waals surface area contributed by atoms with Gasteiger partial charge in [0.25, 0.3) is 0 Å². The monoisotopic (exact) mass is 575 g/mol. The maximum absolute atomic E-state index is 13.4. The second-order valence-corrected chi connectivity index (χ2v) is 10.3. The second kappa shape index (κ2) is 14.5. The van der Waals surface area contributed by atoms with Crippen LogP contribution < -0.4 is 10.6 Å². The smallest absolute Gasteiger partial charge is 0.407 e. The van der Waals surface area contributed by atoms with Crippen LogP contribution in [0.1, 0.15) is 24.5 Å². The number of morpholine rings is 1. The molecule has 1 aliphatic heterocycles. The molecule has 0 aromatic heterocycles. The highest BCUT2D eigenvalue weighted by Crippen LogP contribution is 2.24. The molecule has 10 nitrogen and oxygen atoms in total. The van der Waals surface area contributed by atoms with Gasteiger partial charge in [-0.2, -0.15) is 0 Å². The molecular formula is C32H37N3O7. The zero-order chi connectivity index (χ0) is 30.1. The molecule has 1 heterocycles. The van der Waals surface area contributed by atoms with Crippen molar-refractivity contribution < 1.29 is 34.1 Å². The van der Waals surface area contributed by atoms with Crippen LogP contribution in [0.2, 0.25) is 0 Å². The van der Waals surface area contributed by atoms with Crippen molar-refractivity contribution in [3.05, 3.63) is 90.0 Å². The number of rotatable bonds is 10. The highest BCUT2D eigenvalue weighted by Gasteiger charge is 2.36. The van der Waals surface area contributed by atoms with Gasteiger partial charge in [-0.1, -0.05) is 72.8 Å². The summed E-state index contributed by atoms with van der Waals surface area (Å²) in [5.74, 6) is -0.403. The summed E-state index contributed by atoms with van der Waals surface area (Å²) in [5.41, 5.74) is 4.41. The molecule has 0 spiro atoms. The van der Waals surface area contributed by atoms with E-state index in [2.05, 4.69) is 10.6 Å². The Hall–Kier alpha value is -4.41. The zero-order valence-corrected chi connectivity index (χ0v) is 23.7. The third-order valence-corrected chi connectivity index (χ3v) is 7.53. The second-order valence-electron chi connectivity index (χ2n) is 10.3. The van der Waals surface area contributed by atoms with Gasteiger partial charge < -0.3 is 35.2 Å². The van der Waals surface area contributed by atoms with Crippen LogP contribution in [-0.2, 0) is 27.1 Å². The molecule has 42 heavy (non-hydrogen) atoms. The third kappa shape index (κ3) is 7.86. The van der Waals surface area contributed by atoms with Crippen molar-refractivity contribution in [3.63, 3.8) is 0 Å². The van der Waals surface area contributed by atoms with E-state index in [1.54, 1.807) is 19.1 Å². The number of amides is 3. The number of carbonyl (C=O) groups is 3. The Morgan fingerprint density at radius 3 is 2.33 bits per heavy atom. The minimum absolute atomic E-state index is 0.190. The Labute approximate surface area is 245 Å². The SMILES string of the molecule is COC(=O)N[C@@H](Cc1ccc(-c2ccccc2)cc1)C(=O)Nc1ccccc1CC[C@@H]1CN(C(=O)O)C(C)C(CO)O1. The molecule has 3 amide bonds. The molecule has 0 saturated carbocycles. The predicted octanol–water partition coefficient (Wildman–Crippen LogP) is 4.32. The van der Waals surface area contributed by atoms with Crippen molar-refractivity contribution in [2.24, 2.45) is 0 Å². The lowest BCUT2D eigenvalue weighted by Gasteiger charge is -2.41. The fourth-order valence-corrected chi connectivity index (χ4v) is 5.10. The van der Waals surface area contributed by atoms with E-state index in [4.69, 9.17) is 9.47 Å². The van der Waals surface area contributed by atoms with E-state index >= 15 is 0 Å². The molecule has 10 heteroatoms. The van der Waals surface area contributed by atoms with Gasteiger partial charge in [-0.25, -0.2) is 9.59 Å². The number of nitrogens with zero attached hydrogens (tertiary/aromatic N) is 1. The number of para-hydroxylation sites is 1. The number of aryl methyl sites for hydroxylation is 1. The summed E-state index contributed by atoms with van der Waals surface area (Å²) in [4.78, 5) is 38.5. The number of nitrogens with one attached hydrogen (secondary N) is 2. The van der Waals surface area contributed by atoms with Crippen LogP contribution in [0.25, 0.3) is 11.1 Å². The van der Waals surface area contributed by atoms with Crippen molar-refractivity contribution in [3.8, 4) is 11.1 Å². The molecule has 1 aliphatic rings. The lowest BCUT2D eigenvalue weighted by atomic mass is 9.99. The summed E-state index contributed by atoms with van der Waals surface area (Å²) >= 11 is 0. The Morgan fingerprint density at radius 1 is 1.00 bits per heavy atom. The number of aliphatic hydroxyl groups excluding tert-OH is 1. The lowest BCUT2D eigenvalue weighted by molar-refractivity contribution is -0.123. The van der Waals surface area contributed by atoms with Gasteiger partial charge in [0.05, 0.1) is 32.4 Å². The fourth-order valence-electron chi connectivity index (χ4n) is 5.10. The van der Waals surface area contributed by atoms with Crippen molar-refractivity contribution >= 4 is 23.8 Å². The number of ether oxygens (including phenoxy) is 2. The summed E-state index contributed by atoms with van der Waals surface area (Å²) in [6.07, 6.45) is -1.56. The normalized spacial score (nSPS) is 19.0. The maximum Gasteiger partial charge on any atom is 0.407 e. The molecule has 3 aromatic carbocycles. The number of benzene rings is 3. The number of carbonyl (C=O) groups excluding carboxylic acids is 2. The molecule has 3 aromatic rings. The van der Waals surface area contributed by atoms with Gasteiger partial charge in [0, 0.05) is 12.1 Å². The standard InChI is InChI=1S/C32H37N3O7/c1-21-29(20-36)42-26(19-35(21)32(39)40)17-16-25-10-6-7-11-27(25)33-30(37)28(34-31(38)41-2)18-22-12-14-24(15-13-22)23-8-4-3-5-9-23/h3-15,21,26,28-29,36H,16-20H2,1-2H3,(H,33,37)(H,34,38)(H,39,40)/t21?,26-,28+,29?/m1/s1. The minimum atomic E-state index is -1.05. The quantitative estimate of drug-likeness (QED) is 0.283. The van der Waals surface area contributed by atoms with Gasteiger partial charge in [-0.3, -0.25) is 4.79 Å². The first-order valence-electron chi connectivity index (χ1n) is 13.9. The topological polar surface area (TPSA) is 137 Å². The average molecular weight is 576 g/mol. The Balaban J connectivity index is 1.44. The van der Waals surface area contributed by atoms with Gasteiger partial charge in [-0.05, 0) is 48.1 Å². The molecular weight excluding hydrogens is 538 g/mol. The van der Waals surface area contributed by atoms with Gasteiger partial charge in [0.15, 0.2) is 0 Å². The summed E-state index contributed by atoms with van der Waals surface area (Å²) in [7, 11) is 1.25. The van der Waals surface area contributed by atoms with Gasteiger partial charge >= 0.3 is 12.2 Å². The molecule has 2 unspecified atom stereocenters. The summed E-state index contributed by atoms with van der Waals surface area (Å²) in [6, 6.07) is 23.7. The first-order valence-corrected chi connectivity index (χ1v) is 13.9. The average Bonchev–Trinajstić information content (AvgIpc) is 3.01. The van der Waals surface area contributed by atoms with Crippen LogP contribution in [0.15, 0.2) is 78.9 Å². The molecule has 4 N–H and O–H groups in total. The maximum atomic E-state index is 13.4. The number of hydrogen-bond donors (Lipinski definition) is 4. The van der Waals surface area contributed by atoms with Crippen molar-refractivity contribution in [2.45, 2.75) is 50.5 Å². The van der Waals surface area contributed by atoms with Gasteiger partial charge in [0.2, 0.25) is 5.91 Å². The number of anilines is 1. The first kappa shape index (κ1) is 30.5. The first-order chi connectivity index (χ1) is 20.3. The number of hydrogen-bond acceptors (Lipinski definition) is 6. The molecule has 4 rings (SSSR count). The summed E-state index contributed by atoms with van der Waals surface area (Å²) in [5, 5.41) is 24.8. The lowest BCUT2D eigenvalue weighted by Crippen LogP contribution is -2.56. The molecule has 222 valence electrons. The van der Waals surface area contributed by atoms with Crippen LogP contribution >= 0.6 is 0 Å². The van der Waals surface area contributed by atoms with E-state index in [9.17, 15) is 24.6 Å². The minimum Gasteiger partial charge on any atom is -0.465 e. The summed E-state index contributed by atoms with van der Waals surface area (Å²) in [6.45, 7) is 1.62. The number of carboxylic acid groups (broad SMARTS) is 1. The molecule has 1 saturated heterocycles. The molecule has 0 radical (unpaired) electrons. The third-order valence-electron chi connectivity index (χ3n) is 7.53. The van der Waals surface area contributed by atoms with Crippen molar-refractivity contribution in [1.29, 1.82) is 0 Å². The Morgan fingerprint density at radius 2 is 1.67 bits per heavy atom. The molecule has 4 atom stereocenters. The predicted molar refractivity (Wildman–Crippen MR) is 158 cm³/mol. The van der Waals surface area contributed by atoms with E-state index in [0.29, 0.717) is 18.5 Å². The molecule has 0 bridgehead atoms.